The summed E-state index contributed by atoms with van der Waals surface area (Å²) in [6.45, 7) is 3.19. The molecule has 1 fully saturated rings. The first-order valence-corrected chi connectivity index (χ1v) is 5.34. The third kappa shape index (κ3) is 3.22. The van der Waals surface area contributed by atoms with Gasteiger partial charge in [-0.15, -0.1) is 0 Å². The van der Waals surface area contributed by atoms with E-state index in [1.165, 1.54) is 5.56 Å². The highest BCUT2D eigenvalue weighted by atomic mass is 16.5. The molecule has 0 saturated carbocycles. The molecule has 3 heteroatoms. The van der Waals surface area contributed by atoms with Gasteiger partial charge in [0.25, 0.3) is 0 Å². The molecule has 0 aliphatic carbocycles. The maximum atomic E-state index is 5.62. The van der Waals surface area contributed by atoms with Crippen LogP contribution >= 0.6 is 0 Å². The molecule has 82 valence electrons. The number of nitrogens with two attached hydrogens (primary N) is 1. The van der Waals surface area contributed by atoms with Crippen molar-refractivity contribution < 1.29 is 9.47 Å². The molecule has 1 unspecified atom stereocenters. The van der Waals surface area contributed by atoms with Crippen LogP contribution in [-0.2, 0) is 16.1 Å². The predicted molar refractivity (Wildman–Crippen MR) is 59.4 cm³/mol. The Bertz CT molecular complexity index is 291. The maximum Gasteiger partial charge on any atom is 0.0717 e. The van der Waals surface area contributed by atoms with E-state index in [1.807, 2.05) is 24.3 Å². The Morgan fingerprint density at radius 1 is 1.33 bits per heavy atom. The van der Waals surface area contributed by atoms with Crippen molar-refractivity contribution in [1.29, 1.82) is 0 Å². The summed E-state index contributed by atoms with van der Waals surface area (Å²) in [5.74, 6) is 0.582. The second kappa shape index (κ2) is 5.14. The van der Waals surface area contributed by atoms with Crippen molar-refractivity contribution in [2.75, 3.05) is 25.6 Å². The Morgan fingerprint density at radius 2 is 2.13 bits per heavy atom. The van der Waals surface area contributed by atoms with Gasteiger partial charge in [0.05, 0.1) is 19.8 Å². The zero-order chi connectivity index (χ0) is 10.5. The van der Waals surface area contributed by atoms with Gasteiger partial charge in [-0.1, -0.05) is 12.1 Å². The molecular formula is C12H17NO2. The molecule has 1 saturated heterocycles. The van der Waals surface area contributed by atoms with Crippen molar-refractivity contribution in [2.45, 2.75) is 13.0 Å². The lowest BCUT2D eigenvalue weighted by Crippen LogP contribution is -2.09. The van der Waals surface area contributed by atoms with Crippen molar-refractivity contribution in [2.24, 2.45) is 5.92 Å². The van der Waals surface area contributed by atoms with Crippen LogP contribution in [0.15, 0.2) is 24.3 Å². The normalized spacial score (nSPS) is 20.7. The fourth-order valence-corrected chi connectivity index (χ4v) is 1.67. The monoisotopic (exact) mass is 207 g/mol. The van der Waals surface area contributed by atoms with E-state index in [9.17, 15) is 0 Å². The summed E-state index contributed by atoms with van der Waals surface area (Å²) in [4.78, 5) is 0. The minimum Gasteiger partial charge on any atom is -0.399 e. The average Bonchev–Trinajstić information content (AvgIpc) is 2.74. The summed E-state index contributed by atoms with van der Waals surface area (Å²) < 4.78 is 10.9. The topological polar surface area (TPSA) is 44.5 Å². The van der Waals surface area contributed by atoms with Crippen LogP contribution in [-0.4, -0.2) is 19.8 Å². The van der Waals surface area contributed by atoms with E-state index < -0.39 is 0 Å². The Kier molecular flexibility index (Phi) is 3.59. The van der Waals surface area contributed by atoms with Crippen molar-refractivity contribution in [3.05, 3.63) is 29.8 Å². The number of benzene rings is 1. The van der Waals surface area contributed by atoms with Crippen LogP contribution in [0.1, 0.15) is 12.0 Å². The van der Waals surface area contributed by atoms with E-state index in [2.05, 4.69) is 0 Å². The van der Waals surface area contributed by atoms with Gasteiger partial charge >= 0.3 is 0 Å². The van der Waals surface area contributed by atoms with Crippen LogP contribution in [0.4, 0.5) is 5.69 Å². The summed E-state index contributed by atoms with van der Waals surface area (Å²) in [6.07, 6.45) is 1.13. The quantitative estimate of drug-likeness (QED) is 0.766. The number of nitrogen functional groups attached to an aromatic ring is 1. The largest absolute Gasteiger partial charge is 0.399 e. The molecule has 2 rings (SSSR count). The van der Waals surface area contributed by atoms with E-state index in [0.29, 0.717) is 12.5 Å². The third-order valence-corrected chi connectivity index (χ3v) is 2.63. The second-order valence-corrected chi connectivity index (χ2v) is 3.99. The zero-order valence-electron chi connectivity index (χ0n) is 8.82. The molecule has 0 radical (unpaired) electrons. The van der Waals surface area contributed by atoms with Gasteiger partial charge in [0.1, 0.15) is 0 Å². The van der Waals surface area contributed by atoms with E-state index in [-0.39, 0.29) is 0 Å². The minimum absolute atomic E-state index is 0.582. The Labute approximate surface area is 90.2 Å². The predicted octanol–water partition coefficient (Wildman–Crippen LogP) is 1.82. The maximum absolute atomic E-state index is 5.62. The molecule has 1 aliphatic heterocycles. The van der Waals surface area contributed by atoms with Crippen molar-refractivity contribution in [3.8, 4) is 0 Å². The number of hydrogen-bond acceptors (Lipinski definition) is 3. The van der Waals surface area contributed by atoms with Crippen LogP contribution < -0.4 is 5.73 Å². The number of ether oxygens (including phenoxy) is 2. The Morgan fingerprint density at radius 3 is 2.80 bits per heavy atom. The number of rotatable bonds is 4. The van der Waals surface area contributed by atoms with E-state index >= 15 is 0 Å². The first kappa shape index (κ1) is 10.5. The molecule has 0 spiro atoms. The highest BCUT2D eigenvalue weighted by molar-refractivity contribution is 5.39. The number of hydrogen-bond donors (Lipinski definition) is 1. The molecular weight excluding hydrogens is 190 g/mol. The van der Waals surface area contributed by atoms with Gasteiger partial charge in [-0.25, -0.2) is 0 Å². The lowest BCUT2D eigenvalue weighted by molar-refractivity contribution is 0.0791. The summed E-state index contributed by atoms with van der Waals surface area (Å²) >= 11 is 0. The molecule has 2 N–H and O–H groups in total. The molecule has 1 heterocycles. The van der Waals surface area contributed by atoms with Gasteiger partial charge in [-0.2, -0.15) is 0 Å². The van der Waals surface area contributed by atoms with Crippen LogP contribution in [0, 0.1) is 5.92 Å². The first-order valence-electron chi connectivity index (χ1n) is 5.34. The smallest absolute Gasteiger partial charge is 0.0717 e. The van der Waals surface area contributed by atoms with E-state index in [1.54, 1.807) is 0 Å². The van der Waals surface area contributed by atoms with Gasteiger partial charge in [-0.3, -0.25) is 0 Å². The Balaban J connectivity index is 1.71. The Hall–Kier alpha value is -1.06. The van der Waals surface area contributed by atoms with Crippen LogP contribution in [0.3, 0.4) is 0 Å². The van der Waals surface area contributed by atoms with Crippen LogP contribution in [0.2, 0.25) is 0 Å². The minimum atomic E-state index is 0.582. The SMILES string of the molecule is Nc1ccc(COCC2CCOC2)cc1. The first-order chi connectivity index (χ1) is 7.34. The lowest BCUT2D eigenvalue weighted by atomic mass is 10.1. The molecule has 0 bridgehead atoms. The highest BCUT2D eigenvalue weighted by Gasteiger charge is 2.15. The lowest BCUT2D eigenvalue weighted by Gasteiger charge is -2.08. The fraction of sp³-hybridized carbons (Fsp3) is 0.500. The van der Waals surface area contributed by atoms with Crippen LogP contribution in [0.5, 0.6) is 0 Å². The molecule has 1 atom stereocenters. The molecule has 1 aliphatic rings. The second-order valence-electron chi connectivity index (χ2n) is 3.99. The van der Waals surface area contributed by atoms with Gasteiger partial charge in [0.15, 0.2) is 0 Å². The summed E-state index contributed by atoms with van der Waals surface area (Å²) in [5.41, 5.74) is 7.56. The van der Waals surface area contributed by atoms with Gasteiger partial charge < -0.3 is 15.2 Å². The third-order valence-electron chi connectivity index (χ3n) is 2.63. The average molecular weight is 207 g/mol. The highest BCUT2D eigenvalue weighted by Crippen LogP contribution is 2.13. The van der Waals surface area contributed by atoms with Gasteiger partial charge in [0.2, 0.25) is 0 Å². The summed E-state index contributed by atoms with van der Waals surface area (Å²) in [7, 11) is 0. The molecule has 0 aromatic heterocycles. The summed E-state index contributed by atoms with van der Waals surface area (Å²) in [5, 5.41) is 0. The molecule has 1 aromatic carbocycles. The van der Waals surface area contributed by atoms with E-state index in [0.717, 1.165) is 31.9 Å². The fourth-order valence-electron chi connectivity index (χ4n) is 1.67. The van der Waals surface area contributed by atoms with Gasteiger partial charge in [-0.05, 0) is 24.1 Å². The zero-order valence-corrected chi connectivity index (χ0v) is 8.82. The summed E-state index contributed by atoms with van der Waals surface area (Å²) in [6, 6.07) is 7.80. The van der Waals surface area contributed by atoms with E-state index in [4.69, 9.17) is 15.2 Å². The molecule has 0 amide bonds. The van der Waals surface area contributed by atoms with Crippen molar-refractivity contribution in [3.63, 3.8) is 0 Å². The molecule has 1 aromatic rings. The molecule has 3 nitrogen and oxygen atoms in total. The standard InChI is InChI=1S/C12H17NO2/c13-12-3-1-10(2-4-12)7-15-9-11-5-6-14-8-11/h1-4,11H,5-9,13H2. The van der Waals surface area contributed by atoms with Crippen molar-refractivity contribution >= 4 is 5.69 Å². The van der Waals surface area contributed by atoms with Crippen LogP contribution in [0.25, 0.3) is 0 Å². The van der Waals surface area contributed by atoms with Crippen molar-refractivity contribution in [1.82, 2.24) is 0 Å². The number of anilines is 1. The molecule has 15 heavy (non-hydrogen) atoms. The van der Waals surface area contributed by atoms with Gasteiger partial charge in [0, 0.05) is 18.2 Å².